The number of ether oxygens (including phenoxy) is 2. The molecule has 2 aromatic carbocycles. The van der Waals surface area contributed by atoms with Gasteiger partial charge in [0.1, 0.15) is 5.69 Å². The molecule has 8 nitrogen and oxygen atoms in total. The van der Waals surface area contributed by atoms with Crippen LogP contribution in [0.2, 0.25) is 0 Å². The van der Waals surface area contributed by atoms with E-state index in [9.17, 15) is 9.59 Å². The lowest BCUT2D eigenvalue weighted by Gasteiger charge is -2.31. The minimum atomic E-state index is -0.143. The third-order valence-corrected chi connectivity index (χ3v) is 6.74. The van der Waals surface area contributed by atoms with Crippen LogP contribution in [0.3, 0.4) is 0 Å². The van der Waals surface area contributed by atoms with Crippen LogP contribution in [-0.4, -0.2) is 46.4 Å². The summed E-state index contributed by atoms with van der Waals surface area (Å²) in [5.74, 6) is 1.58. The number of anilines is 1. The molecule has 174 valence electrons. The molecule has 2 aliphatic heterocycles. The normalized spacial score (nSPS) is 17.6. The second kappa shape index (κ2) is 8.52. The SMILES string of the molecule is O=C(Nc1ccc2c(c1)OCO2)C1CCN(C(=O)c2cc(C3CC3)nn2-c2ccccc2)CC1. The van der Waals surface area contributed by atoms with Gasteiger partial charge in [0.05, 0.1) is 11.4 Å². The molecule has 3 aromatic rings. The molecular weight excluding hydrogens is 432 g/mol. The van der Waals surface area contributed by atoms with Crippen molar-refractivity contribution in [2.24, 2.45) is 5.92 Å². The van der Waals surface area contributed by atoms with E-state index in [-0.39, 0.29) is 24.5 Å². The molecule has 2 fully saturated rings. The minimum absolute atomic E-state index is 0.0297. The van der Waals surface area contributed by atoms with Crippen molar-refractivity contribution < 1.29 is 19.1 Å². The molecule has 8 heteroatoms. The Kier molecular flexibility index (Phi) is 5.20. The van der Waals surface area contributed by atoms with Crippen LogP contribution in [0.4, 0.5) is 5.69 Å². The number of rotatable bonds is 5. The molecule has 2 amide bonds. The second-order valence-corrected chi connectivity index (χ2v) is 9.10. The molecule has 3 heterocycles. The lowest BCUT2D eigenvalue weighted by Crippen LogP contribution is -2.42. The van der Waals surface area contributed by atoms with Gasteiger partial charge < -0.3 is 19.7 Å². The summed E-state index contributed by atoms with van der Waals surface area (Å²) in [6, 6.07) is 17.1. The van der Waals surface area contributed by atoms with Crippen molar-refractivity contribution >= 4 is 17.5 Å². The summed E-state index contributed by atoms with van der Waals surface area (Å²) in [7, 11) is 0. The van der Waals surface area contributed by atoms with E-state index in [1.54, 1.807) is 16.8 Å². The van der Waals surface area contributed by atoms with Crippen molar-refractivity contribution in [2.45, 2.75) is 31.6 Å². The molecule has 1 aliphatic carbocycles. The zero-order valence-corrected chi connectivity index (χ0v) is 18.8. The van der Waals surface area contributed by atoms with E-state index < -0.39 is 0 Å². The summed E-state index contributed by atoms with van der Waals surface area (Å²) in [6.07, 6.45) is 3.50. The molecule has 1 saturated heterocycles. The lowest BCUT2D eigenvalue weighted by atomic mass is 9.95. The average Bonchev–Trinajstić information content (AvgIpc) is 3.45. The van der Waals surface area contributed by atoms with Crippen molar-refractivity contribution in [1.29, 1.82) is 0 Å². The molecule has 0 bridgehead atoms. The number of benzene rings is 2. The number of carbonyl (C=O) groups excluding carboxylic acids is 2. The largest absolute Gasteiger partial charge is 0.454 e. The lowest BCUT2D eigenvalue weighted by molar-refractivity contribution is -0.121. The van der Waals surface area contributed by atoms with Gasteiger partial charge in [-0.05, 0) is 56.0 Å². The molecule has 34 heavy (non-hydrogen) atoms. The van der Waals surface area contributed by atoms with Crippen molar-refractivity contribution in [3.8, 4) is 17.2 Å². The van der Waals surface area contributed by atoms with Gasteiger partial charge in [-0.25, -0.2) is 4.68 Å². The van der Waals surface area contributed by atoms with Crippen LogP contribution in [0.15, 0.2) is 54.6 Å². The number of likely N-dealkylation sites (tertiary alicyclic amines) is 1. The number of piperidine rings is 1. The summed E-state index contributed by atoms with van der Waals surface area (Å²) < 4.78 is 12.5. The van der Waals surface area contributed by atoms with E-state index in [0.29, 0.717) is 54.7 Å². The quantitative estimate of drug-likeness (QED) is 0.625. The standard InChI is InChI=1S/C26H26N4O4/c31-25(27-19-8-9-23-24(14-19)34-16-33-23)18-10-12-29(13-11-18)26(32)22-15-21(17-6-7-17)28-30(22)20-4-2-1-3-5-20/h1-5,8-9,14-15,17-18H,6-7,10-13,16H2,(H,27,31). The molecule has 0 spiro atoms. The summed E-state index contributed by atoms with van der Waals surface area (Å²) in [6.45, 7) is 1.28. The Morgan fingerprint density at radius 2 is 1.68 bits per heavy atom. The highest BCUT2D eigenvalue weighted by Gasteiger charge is 2.33. The zero-order chi connectivity index (χ0) is 23.1. The van der Waals surface area contributed by atoms with Crippen LogP contribution in [0.1, 0.15) is 47.8 Å². The molecule has 0 radical (unpaired) electrons. The average molecular weight is 459 g/mol. The maximum absolute atomic E-state index is 13.5. The number of carbonyl (C=O) groups is 2. The van der Waals surface area contributed by atoms with E-state index in [0.717, 1.165) is 24.2 Å². The number of amides is 2. The summed E-state index contributed by atoms with van der Waals surface area (Å²) in [4.78, 5) is 28.1. The Bertz CT molecular complexity index is 1230. The monoisotopic (exact) mass is 458 g/mol. The van der Waals surface area contributed by atoms with Gasteiger partial charge in [0, 0.05) is 36.7 Å². The molecule has 1 saturated carbocycles. The maximum atomic E-state index is 13.5. The Hall–Kier alpha value is -3.81. The number of fused-ring (bicyclic) bond motifs is 1. The fraction of sp³-hybridized carbons (Fsp3) is 0.346. The van der Waals surface area contributed by atoms with Crippen molar-refractivity contribution in [1.82, 2.24) is 14.7 Å². The molecule has 1 aromatic heterocycles. The van der Waals surface area contributed by atoms with Crippen LogP contribution in [-0.2, 0) is 4.79 Å². The Balaban J connectivity index is 1.12. The van der Waals surface area contributed by atoms with E-state index in [1.807, 2.05) is 47.4 Å². The van der Waals surface area contributed by atoms with Crippen molar-refractivity contribution in [3.63, 3.8) is 0 Å². The van der Waals surface area contributed by atoms with Crippen molar-refractivity contribution in [2.75, 3.05) is 25.2 Å². The van der Waals surface area contributed by atoms with Crippen LogP contribution in [0, 0.1) is 5.92 Å². The highest BCUT2D eigenvalue weighted by Crippen LogP contribution is 2.40. The van der Waals surface area contributed by atoms with Gasteiger partial charge in [-0.2, -0.15) is 5.10 Å². The molecule has 0 unspecified atom stereocenters. The molecule has 3 aliphatic rings. The smallest absolute Gasteiger partial charge is 0.272 e. The maximum Gasteiger partial charge on any atom is 0.272 e. The van der Waals surface area contributed by atoms with Gasteiger partial charge in [0.15, 0.2) is 11.5 Å². The molecule has 0 atom stereocenters. The van der Waals surface area contributed by atoms with Crippen LogP contribution in [0.5, 0.6) is 11.5 Å². The number of hydrogen-bond acceptors (Lipinski definition) is 5. The topological polar surface area (TPSA) is 85.7 Å². The first kappa shape index (κ1) is 20.8. The van der Waals surface area contributed by atoms with E-state index in [1.165, 1.54) is 0 Å². The van der Waals surface area contributed by atoms with Gasteiger partial charge in [-0.1, -0.05) is 18.2 Å². The summed E-state index contributed by atoms with van der Waals surface area (Å²) in [5.41, 5.74) is 3.16. The van der Waals surface area contributed by atoms with Gasteiger partial charge in [0.25, 0.3) is 5.91 Å². The van der Waals surface area contributed by atoms with Gasteiger partial charge in [-0.15, -0.1) is 0 Å². The first-order valence-electron chi connectivity index (χ1n) is 11.8. The van der Waals surface area contributed by atoms with Gasteiger partial charge in [-0.3, -0.25) is 9.59 Å². The van der Waals surface area contributed by atoms with E-state index in [4.69, 9.17) is 14.6 Å². The minimum Gasteiger partial charge on any atom is -0.454 e. The molecule has 1 N–H and O–H groups in total. The van der Waals surface area contributed by atoms with Crippen LogP contribution >= 0.6 is 0 Å². The third kappa shape index (κ3) is 4.00. The number of nitrogens with zero attached hydrogens (tertiary/aromatic N) is 3. The van der Waals surface area contributed by atoms with Gasteiger partial charge >= 0.3 is 0 Å². The first-order valence-corrected chi connectivity index (χ1v) is 11.8. The third-order valence-electron chi connectivity index (χ3n) is 6.74. The second-order valence-electron chi connectivity index (χ2n) is 9.10. The highest BCUT2D eigenvalue weighted by atomic mass is 16.7. The number of aromatic nitrogens is 2. The summed E-state index contributed by atoms with van der Waals surface area (Å²) >= 11 is 0. The summed E-state index contributed by atoms with van der Waals surface area (Å²) in [5, 5.41) is 7.74. The van der Waals surface area contributed by atoms with Crippen molar-refractivity contribution in [3.05, 3.63) is 66.0 Å². The van der Waals surface area contributed by atoms with E-state index >= 15 is 0 Å². The Labute approximate surface area is 197 Å². The van der Waals surface area contributed by atoms with E-state index in [2.05, 4.69) is 5.32 Å². The molecular formula is C26H26N4O4. The first-order chi connectivity index (χ1) is 16.7. The predicted molar refractivity (Wildman–Crippen MR) is 125 cm³/mol. The Morgan fingerprint density at radius 3 is 2.44 bits per heavy atom. The van der Waals surface area contributed by atoms with Gasteiger partial charge in [0.2, 0.25) is 12.7 Å². The Morgan fingerprint density at radius 1 is 0.912 bits per heavy atom. The number of para-hydroxylation sites is 1. The van der Waals surface area contributed by atoms with Crippen LogP contribution in [0.25, 0.3) is 5.69 Å². The molecule has 6 rings (SSSR count). The zero-order valence-electron chi connectivity index (χ0n) is 18.8. The predicted octanol–water partition coefficient (Wildman–Crippen LogP) is 3.97. The highest BCUT2D eigenvalue weighted by molar-refractivity contribution is 5.95. The van der Waals surface area contributed by atoms with Crippen LogP contribution < -0.4 is 14.8 Å². The number of hydrogen-bond donors (Lipinski definition) is 1. The fourth-order valence-corrected chi connectivity index (χ4v) is 4.62. The number of nitrogens with one attached hydrogen (secondary N) is 1. The fourth-order valence-electron chi connectivity index (χ4n) is 4.62.